The summed E-state index contributed by atoms with van der Waals surface area (Å²) in [6.07, 6.45) is 2.11. The van der Waals surface area contributed by atoms with Gasteiger partial charge in [-0.2, -0.15) is 0 Å². The van der Waals surface area contributed by atoms with Gasteiger partial charge < -0.3 is 14.6 Å². The number of rotatable bonds is 3. The standard InChI is InChI=1S/C16H22O3/c1-14(2,18-12-7-5-4-6-8-12)16-10-9-15(3,19-16)13(17)11-16/h4-8,13,17H,9-11H2,1-3H3. The van der Waals surface area contributed by atoms with Gasteiger partial charge in [0.25, 0.3) is 0 Å². The third-order valence-electron chi connectivity index (χ3n) is 4.90. The van der Waals surface area contributed by atoms with Crippen molar-refractivity contribution in [1.82, 2.24) is 0 Å². The maximum Gasteiger partial charge on any atom is 0.132 e. The minimum Gasteiger partial charge on any atom is -0.485 e. The molecule has 3 unspecified atom stereocenters. The van der Waals surface area contributed by atoms with Crippen molar-refractivity contribution >= 4 is 0 Å². The quantitative estimate of drug-likeness (QED) is 0.910. The van der Waals surface area contributed by atoms with Gasteiger partial charge in [-0.3, -0.25) is 0 Å². The SMILES string of the molecule is CC12CCC(C(C)(C)Oc3ccccc3)(CC1O)O2. The average Bonchev–Trinajstić information content (AvgIpc) is 2.82. The van der Waals surface area contributed by atoms with Crippen LogP contribution in [0.25, 0.3) is 0 Å². The number of hydrogen-bond acceptors (Lipinski definition) is 3. The molecular weight excluding hydrogens is 240 g/mol. The topological polar surface area (TPSA) is 38.7 Å². The first kappa shape index (κ1) is 12.9. The maximum atomic E-state index is 10.2. The van der Waals surface area contributed by atoms with Crippen LogP contribution in [0.3, 0.4) is 0 Å². The first-order chi connectivity index (χ1) is 8.87. The van der Waals surface area contributed by atoms with Crippen molar-refractivity contribution in [3.05, 3.63) is 30.3 Å². The van der Waals surface area contributed by atoms with Crippen LogP contribution in [0.4, 0.5) is 0 Å². The third kappa shape index (κ3) is 1.87. The summed E-state index contributed by atoms with van der Waals surface area (Å²) >= 11 is 0. The molecule has 1 aromatic carbocycles. The molecule has 0 saturated carbocycles. The molecule has 0 aromatic heterocycles. The van der Waals surface area contributed by atoms with Gasteiger partial charge in [-0.25, -0.2) is 0 Å². The van der Waals surface area contributed by atoms with Crippen LogP contribution in [-0.4, -0.2) is 28.0 Å². The second kappa shape index (κ2) is 3.97. The summed E-state index contributed by atoms with van der Waals surface area (Å²) in [6, 6.07) is 9.81. The number of ether oxygens (including phenoxy) is 2. The van der Waals surface area contributed by atoms with Gasteiger partial charge in [0, 0.05) is 6.42 Å². The molecule has 0 amide bonds. The van der Waals surface area contributed by atoms with E-state index in [0.29, 0.717) is 6.42 Å². The van der Waals surface area contributed by atoms with Crippen molar-refractivity contribution in [3.63, 3.8) is 0 Å². The number of fused-ring (bicyclic) bond motifs is 2. The van der Waals surface area contributed by atoms with Crippen molar-refractivity contribution in [1.29, 1.82) is 0 Å². The Labute approximate surface area is 114 Å². The molecule has 2 saturated heterocycles. The van der Waals surface area contributed by atoms with Crippen LogP contribution in [0.1, 0.15) is 40.0 Å². The zero-order valence-corrected chi connectivity index (χ0v) is 11.8. The molecule has 2 bridgehead atoms. The molecule has 2 fully saturated rings. The van der Waals surface area contributed by atoms with E-state index in [-0.39, 0.29) is 11.7 Å². The number of aliphatic hydroxyl groups excluding tert-OH is 1. The smallest absolute Gasteiger partial charge is 0.132 e. The highest BCUT2D eigenvalue weighted by Crippen LogP contribution is 2.56. The number of benzene rings is 1. The Bertz CT molecular complexity index is 470. The van der Waals surface area contributed by atoms with Gasteiger partial charge in [-0.05, 0) is 45.7 Å². The Morgan fingerprint density at radius 2 is 1.95 bits per heavy atom. The summed E-state index contributed by atoms with van der Waals surface area (Å²) in [5, 5.41) is 10.2. The van der Waals surface area contributed by atoms with E-state index >= 15 is 0 Å². The van der Waals surface area contributed by atoms with Gasteiger partial charge in [0.15, 0.2) is 0 Å². The van der Waals surface area contributed by atoms with Crippen LogP contribution >= 0.6 is 0 Å². The molecular formula is C16H22O3. The Morgan fingerprint density at radius 1 is 1.26 bits per heavy atom. The second-order valence-electron chi connectivity index (χ2n) is 6.55. The third-order valence-corrected chi connectivity index (χ3v) is 4.90. The van der Waals surface area contributed by atoms with Gasteiger partial charge in [0.05, 0.1) is 11.7 Å². The monoisotopic (exact) mass is 262 g/mol. The number of aliphatic hydroxyl groups is 1. The van der Waals surface area contributed by atoms with E-state index in [1.165, 1.54) is 0 Å². The van der Waals surface area contributed by atoms with Crippen LogP contribution in [0.5, 0.6) is 5.75 Å². The lowest BCUT2D eigenvalue weighted by Crippen LogP contribution is -2.53. The predicted octanol–water partition coefficient (Wildman–Crippen LogP) is 2.92. The minimum atomic E-state index is -0.455. The van der Waals surface area contributed by atoms with Crippen molar-refractivity contribution in [2.24, 2.45) is 0 Å². The molecule has 0 aliphatic carbocycles. The fourth-order valence-electron chi connectivity index (χ4n) is 3.45. The molecule has 19 heavy (non-hydrogen) atoms. The molecule has 3 rings (SSSR count). The maximum absolute atomic E-state index is 10.2. The largest absolute Gasteiger partial charge is 0.485 e. The van der Waals surface area contributed by atoms with E-state index < -0.39 is 11.2 Å². The zero-order chi connectivity index (χ0) is 13.7. The van der Waals surface area contributed by atoms with E-state index in [1.54, 1.807) is 0 Å². The summed E-state index contributed by atoms with van der Waals surface area (Å²) in [5.74, 6) is 0.848. The van der Waals surface area contributed by atoms with Gasteiger partial charge in [0.2, 0.25) is 0 Å². The molecule has 2 aliphatic heterocycles. The highest BCUT2D eigenvalue weighted by Gasteiger charge is 2.65. The molecule has 3 nitrogen and oxygen atoms in total. The van der Waals surface area contributed by atoms with E-state index in [4.69, 9.17) is 9.47 Å². The normalized spacial score (nSPS) is 37.6. The highest BCUT2D eigenvalue weighted by molar-refractivity contribution is 5.24. The molecule has 2 aliphatic rings. The summed E-state index contributed by atoms with van der Waals surface area (Å²) in [7, 11) is 0. The van der Waals surface area contributed by atoms with E-state index in [1.807, 2.05) is 37.3 Å². The Morgan fingerprint density at radius 3 is 2.47 bits per heavy atom. The van der Waals surface area contributed by atoms with Crippen LogP contribution in [0, 0.1) is 0 Å². The lowest BCUT2D eigenvalue weighted by molar-refractivity contribution is -0.140. The molecule has 3 atom stereocenters. The Hall–Kier alpha value is -1.06. The molecule has 104 valence electrons. The van der Waals surface area contributed by atoms with Gasteiger partial charge in [-0.15, -0.1) is 0 Å². The Balaban J connectivity index is 1.85. The number of para-hydroxylation sites is 1. The van der Waals surface area contributed by atoms with Crippen molar-refractivity contribution in [2.75, 3.05) is 0 Å². The lowest BCUT2D eigenvalue weighted by atomic mass is 9.73. The van der Waals surface area contributed by atoms with Crippen LogP contribution in [0.15, 0.2) is 30.3 Å². The predicted molar refractivity (Wildman–Crippen MR) is 73.2 cm³/mol. The van der Waals surface area contributed by atoms with E-state index in [9.17, 15) is 5.11 Å². The van der Waals surface area contributed by atoms with Crippen molar-refractivity contribution in [3.8, 4) is 5.75 Å². The lowest BCUT2D eigenvalue weighted by Gasteiger charge is -2.41. The van der Waals surface area contributed by atoms with Crippen molar-refractivity contribution in [2.45, 2.75) is 62.9 Å². The number of hydrogen-bond donors (Lipinski definition) is 1. The zero-order valence-electron chi connectivity index (χ0n) is 11.8. The second-order valence-corrected chi connectivity index (χ2v) is 6.55. The average molecular weight is 262 g/mol. The molecule has 1 aromatic rings. The van der Waals surface area contributed by atoms with Crippen LogP contribution < -0.4 is 4.74 Å². The molecule has 3 heteroatoms. The first-order valence-electron chi connectivity index (χ1n) is 6.99. The molecule has 2 heterocycles. The van der Waals surface area contributed by atoms with Gasteiger partial charge in [-0.1, -0.05) is 18.2 Å². The van der Waals surface area contributed by atoms with Crippen LogP contribution in [0.2, 0.25) is 0 Å². The summed E-state index contributed by atoms with van der Waals surface area (Å²) in [6.45, 7) is 6.12. The summed E-state index contributed by atoms with van der Waals surface area (Å²) in [4.78, 5) is 0. The molecule has 1 N–H and O–H groups in total. The summed E-state index contributed by atoms with van der Waals surface area (Å²) < 4.78 is 12.4. The highest BCUT2D eigenvalue weighted by atomic mass is 16.6. The van der Waals surface area contributed by atoms with E-state index in [0.717, 1.165) is 18.6 Å². The minimum absolute atomic E-state index is 0.378. The van der Waals surface area contributed by atoms with Crippen LogP contribution in [-0.2, 0) is 4.74 Å². The first-order valence-corrected chi connectivity index (χ1v) is 6.99. The van der Waals surface area contributed by atoms with Gasteiger partial charge in [0.1, 0.15) is 17.0 Å². The molecule has 0 spiro atoms. The fourth-order valence-corrected chi connectivity index (χ4v) is 3.45. The van der Waals surface area contributed by atoms with Crippen molar-refractivity contribution < 1.29 is 14.6 Å². The van der Waals surface area contributed by atoms with E-state index in [2.05, 4.69) is 13.8 Å². The summed E-state index contributed by atoms with van der Waals surface area (Å²) in [5.41, 5.74) is -1.22. The Kier molecular flexibility index (Phi) is 2.70. The molecule has 0 radical (unpaired) electrons. The fraction of sp³-hybridized carbons (Fsp3) is 0.625. The van der Waals surface area contributed by atoms with Gasteiger partial charge >= 0.3 is 0 Å².